The molecule has 0 bridgehead atoms. The zero-order valence-electron chi connectivity index (χ0n) is 18.5. The zero-order valence-corrected chi connectivity index (χ0v) is 18.5. The Bertz CT molecular complexity index is 894. The fourth-order valence-electron chi connectivity index (χ4n) is 4.47. The summed E-state index contributed by atoms with van der Waals surface area (Å²) in [5.41, 5.74) is 2.15. The van der Waals surface area contributed by atoms with Crippen molar-refractivity contribution in [3.05, 3.63) is 41.6 Å². The second-order valence-corrected chi connectivity index (χ2v) is 8.51. The molecule has 0 spiro atoms. The Labute approximate surface area is 183 Å². The van der Waals surface area contributed by atoms with Gasteiger partial charge in [0, 0.05) is 29.3 Å². The van der Waals surface area contributed by atoms with Crippen molar-refractivity contribution in [3.8, 4) is 11.6 Å². The van der Waals surface area contributed by atoms with Gasteiger partial charge in [-0.3, -0.25) is 9.78 Å². The fraction of sp³-hybridized carbons (Fsp3) is 0.583. The monoisotopic (exact) mass is 425 g/mol. The summed E-state index contributed by atoms with van der Waals surface area (Å²) in [5, 5.41) is 0. The average molecular weight is 426 g/mol. The fourth-order valence-corrected chi connectivity index (χ4v) is 4.47. The normalized spacial score (nSPS) is 25.0. The maximum absolute atomic E-state index is 12.0. The Balaban J connectivity index is 1.35. The van der Waals surface area contributed by atoms with Gasteiger partial charge in [-0.05, 0) is 64.0 Å². The standard InChI is InChI=1S/C24H31N3O4/c1-4-30-24(28)17-7-5-16(6-8-17)21-13-25-15(2)27-23(21)31-14-18-11-20(18)22-10-9-19(29-3)12-26-22/h9-10,12-13,16-18,20H,4-8,11,14H2,1-3H3/t16-,17+,18-,20+/m1/s1. The molecule has 0 saturated heterocycles. The highest BCUT2D eigenvalue weighted by Gasteiger charge is 2.40. The molecule has 0 aliphatic heterocycles. The Morgan fingerprint density at radius 1 is 1.13 bits per heavy atom. The van der Waals surface area contributed by atoms with E-state index < -0.39 is 0 Å². The molecule has 0 unspecified atom stereocenters. The third kappa shape index (κ3) is 5.14. The summed E-state index contributed by atoms with van der Waals surface area (Å²) in [5.74, 6) is 3.32. The molecule has 7 nitrogen and oxygen atoms in total. The minimum atomic E-state index is -0.0653. The zero-order chi connectivity index (χ0) is 21.8. The highest BCUT2D eigenvalue weighted by Crippen LogP contribution is 2.47. The predicted molar refractivity (Wildman–Crippen MR) is 115 cm³/mol. The lowest BCUT2D eigenvalue weighted by Gasteiger charge is -2.28. The highest BCUT2D eigenvalue weighted by molar-refractivity contribution is 5.72. The Hall–Kier alpha value is -2.70. The molecule has 2 fully saturated rings. The Morgan fingerprint density at radius 3 is 2.61 bits per heavy atom. The molecule has 0 aromatic carbocycles. The van der Waals surface area contributed by atoms with Gasteiger partial charge in [-0.1, -0.05) is 0 Å². The molecule has 0 N–H and O–H groups in total. The van der Waals surface area contributed by atoms with Gasteiger partial charge in [-0.25, -0.2) is 4.98 Å². The molecule has 2 heterocycles. The Morgan fingerprint density at radius 2 is 1.94 bits per heavy atom. The minimum Gasteiger partial charge on any atom is -0.495 e. The van der Waals surface area contributed by atoms with Gasteiger partial charge in [0.05, 0.1) is 32.4 Å². The summed E-state index contributed by atoms with van der Waals surface area (Å²) in [4.78, 5) is 25.6. The van der Waals surface area contributed by atoms with Crippen LogP contribution in [-0.4, -0.2) is 41.2 Å². The van der Waals surface area contributed by atoms with Crippen LogP contribution in [0, 0.1) is 18.8 Å². The van der Waals surface area contributed by atoms with Crippen molar-refractivity contribution in [1.29, 1.82) is 0 Å². The number of carbonyl (C=O) groups is 1. The van der Waals surface area contributed by atoms with Gasteiger partial charge in [-0.15, -0.1) is 0 Å². The lowest BCUT2D eigenvalue weighted by Crippen LogP contribution is -2.23. The van der Waals surface area contributed by atoms with Gasteiger partial charge in [0.25, 0.3) is 0 Å². The van der Waals surface area contributed by atoms with Gasteiger partial charge in [-0.2, -0.15) is 4.98 Å². The van der Waals surface area contributed by atoms with Crippen molar-refractivity contribution in [1.82, 2.24) is 15.0 Å². The molecular formula is C24H31N3O4. The van der Waals surface area contributed by atoms with E-state index in [-0.39, 0.29) is 11.9 Å². The van der Waals surface area contributed by atoms with E-state index in [9.17, 15) is 4.79 Å². The number of pyridine rings is 1. The summed E-state index contributed by atoms with van der Waals surface area (Å²) >= 11 is 0. The van der Waals surface area contributed by atoms with Crippen LogP contribution in [0.15, 0.2) is 24.5 Å². The predicted octanol–water partition coefficient (Wildman–Crippen LogP) is 4.21. The number of aryl methyl sites for hydroxylation is 1. The maximum Gasteiger partial charge on any atom is 0.308 e. The molecule has 166 valence electrons. The minimum absolute atomic E-state index is 0.0103. The number of ether oxygens (including phenoxy) is 3. The SMILES string of the molecule is CCOC(=O)[C@H]1CC[C@@H](c2cnc(C)nc2OC[C@H]2C[C@@H]2c2ccc(OC)cn2)CC1. The first kappa shape index (κ1) is 21.5. The van der Waals surface area contributed by atoms with Crippen molar-refractivity contribution in [3.63, 3.8) is 0 Å². The van der Waals surface area contributed by atoms with E-state index in [1.54, 1.807) is 13.3 Å². The lowest BCUT2D eigenvalue weighted by atomic mass is 9.79. The maximum atomic E-state index is 12.0. The van der Waals surface area contributed by atoms with Crippen LogP contribution in [0.1, 0.15) is 67.9 Å². The summed E-state index contributed by atoms with van der Waals surface area (Å²) in [6.07, 6.45) is 8.27. The van der Waals surface area contributed by atoms with E-state index in [1.165, 1.54) is 0 Å². The quantitative estimate of drug-likeness (QED) is 0.586. The summed E-state index contributed by atoms with van der Waals surface area (Å²) < 4.78 is 16.6. The van der Waals surface area contributed by atoms with Crippen LogP contribution in [0.2, 0.25) is 0 Å². The molecular weight excluding hydrogens is 394 g/mol. The molecule has 2 aromatic heterocycles. The second-order valence-electron chi connectivity index (χ2n) is 8.51. The number of rotatable bonds is 8. The number of carbonyl (C=O) groups excluding carboxylic acids is 1. The number of hydrogen-bond donors (Lipinski definition) is 0. The summed E-state index contributed by atoms with van der Waals surface area (Å²) in [6, 6.07) is 3.99. The lowest BCUT2D eigenvalue weighted by molar-refractivity contribution is -0.149. The van der Waals surface area contributed by atoms with Crippen molar-refractivity contribution >= 4 is 5.97 Å². The average Bonchev–Trinajstić information content (AvgIpc) is 3.58. The molecule has 2 saturated carbocycles. The third-order valence-corrected chi connectivity index (χ3v) is 6.42. The van der Waals surface area contributed by atoms with Crippen molar-refractivity contribution in [2.45, 2.75) is 57.8 Å². The van der Waals surface area contributed by atoms with Crippen molar-refractivity contribution in [2.24, 2.45) is 11.8 Å². The van der Waals surface area contributed by atoms with E-state index in [0.29, 0.717) is 42.7 Å². The van der Waals surface area contributed by atoms with Crippen LogP contribution in [0.4, 0.5) is 0 Å². The first-order chi connectivity index (χ1) is 15.1. The topological polar surface area (TPSA) is 83.4 Å². The molecule has 7 heteroatoms. The molecule has 31 heavy (non-hydrogen) atoms. The first-order valence-electron chi connectivity index (χ1n) is 11.2. The van der Waals surface area contributed by atoms with Crippen LogP contribution in [0.3, 0.4) is 0 Å². The van der Waals surface area contributed by atoms with Gasteiger partial charge >= 0.3 is 5.97 Å². The molecule has 2 aliphatic carbocycles. The summed E-state index contributed by atoms with van der Waals surface area (Å²) in [7, 11) is 1.65. The number of aromatic nitrogens is 3. The Kier molecular flexibility index (Phi) is 6.68. The van der Waals surface area contributed by atoms with Crippen molar-refractivity contribution in [2.75, 3.05) is 20.3 Å². The van der Waals surface area contributed by atoms with Gasteiger partial charge in [0.15, 0.2) is 0 Å². The number of hydrogen-bond acceptors (Lipinski definition) is 7. The molecule has 4 rings (SSSR count). The van der Waals surface area contributed by atoms with Crippen molar-refractivity contribution < 1.29 is 19.0 Å². The number of nitrogens with zero attached hydrogens (tertiary/aromatic N) is 3. The molecule has 2 atom stereocenters. The van der Waals surface area contributed by atoms with E-state index in [4.69, 9.17) is 14.2 Å². The van der Waals surface area contributed by atoms with E-state index in [0.717, 1.165) is 49.1 Å². The molecule has 0 radical (unpaired) electrons. The van der Waals surface area contributed by atoms with Gasteiger partial charge < -0.3 is 14.2 Å². The largest absolute Gasteiger partial charge is 0.495 e. The van der Waals surface area contributed by atoms with Crippen LogP contribution in [0.25, 0.3) is 0 Å². The second kappa shape index (κ2) is 9.62. The summed E-state index contributed by atoms with van der Waals surface area (Å²) in [6.45, 7) is 4.80. The number of methoxy groups -OCH3 is 1. The smallest absolute Gasteiger partial charge is 0.308 e. The highest BCUT2D eigenvalue weighted by atomic mass is 16.5. The third-order valence-electron chi connectivity index (χ3n) is 6.42. The van der Waals surface area contributed by atoms with Crippen LogP contribution in [0.5, 0.6) is 11.6 Å². The van der Waals surface area contributed by atoms with Crippen LogP contribution < -0.4 is 9.47 Å². The van der Waals surface area contributed by atoms with Crippen LogP contribution >= 0.6 is 0 Å². The van der Waals surface area contributed by atoms with E-state index in [2.05, 4.69) is 15.0 Å². The first-order valence-corrected chi connectivity index (χ1v) is 11.2. The molecule has 2 aliphatic rings. The molecule has 2 aromatic rings. The van der Waals surface area contributed by atoms with Gasteiger partial charge in [0.2, 0.25) is 5.88 Å². The number of esters is 1. The van der Waals surface area contributed by atoms with Gasteiger partial charge in [0.1, 0.15) is 11.6 Å². The molecule has 0 amide bonds. The van der Waals surface area contributed by atoms with E-state index in [1.807, 2.05) is 32.2 Å². The van der Waals surface area contributed by atoms with E-state index >= 15 is 0 Å². The van der Waals surface area contributed by atoms with Crippen LogP contribution in [-0.2, 0) is 9.53 Å².